The summed E-state index contributed by atoms with van der Waals surface area (Å²) in [5.41, 5.74) is 12.0. The minimum Gasteiger partial charge on any atom is -0.260 e. The van der Waals surface area contributed by atoms with Gasteiger partial charge in [-0.25, -0.2) is 9.97 Å². The van der Waals surface area contributed by atoms with Crippen molar-refractivity contribution in [1.82, 2.24) is 35.1 Å². The van der Waals surface area contributed by atoms with E-state index in [2.05, 4.69) is 291 Å². The van der Waals surface area contributed by atoms with Crippen molar-refractivity contribution in [3.63, 3.8) is 0 Å². The van der Waals surface area contributed by atoms with Crippen LogP contribution in [0.3, 0.4) is 0 Å². The van der Waals surface area contributed by atoms with E-state index >= 15 is 0 Å². The van der Waals surface area contributed by atoms with E-state index < -0.39 is 0 Å². The van der Waals surface area contributed by atoms with Crippen molar-refractivity contribution in [3.05, 3.63) is 136 Å². The largest absolute Gasteiger partial charge is 0.260 e. The van der Waals surface area contributed by atoms with Crippen LogP contribution in [0.2, 0.25) is 0 Å². The summed E-state index contributed by atoms with van der Waals surface area (Å²) in [6.45, 7) is 65.3. The first kappa shape index (κ1) is 66.6. The molecule has 4 aromatic heterocycles. The molecule has 5 aromatic rings. The normalized spacial score (nSPS) is 12.8. The maximum Gasteiger partial charge on any atom is 0.133 e. The maximum absolute atomic E-state index is 4.52. The number of pyridine rings is 1. The highest BCUT2D eigenvalue weighted by molar-refractivity contribution is 5.31. The van der Waals surface area contributed by atoms with Crippen LogP contribution >= 0.6 is 0 Å². The molecule has 0 radical (unpaired) electrons. The van der Waals surface area contributed by atoms with Crippen LogP contribution in [0.15, 0.2) is 79.5 Å². The number of hydrogen-bond acceptors (Lipinski definition) is 7. The van der Waals surface area contributed by atoms with E-state index in [1.807, 2.05) is 31.0 Å². The quantitative estimate of drug-likeness (QED) is 0.153. The molecule has 7 heteroatoms. The molecule has 398 valence electrons. The predicted octanol–water partition coefficient (Wildman–Crippen LogP) is 17.8. The molecule has 0 aliphatic rings. The summed E-state index contributed by atoms with van der Waals surface area (Å²) in [5, 5.41) is 8.53. The van der Waals surface area contributed by atoms with Crippen LogP contribution in [-0.2, 0) is 54.1 Å². The van der Waals surface area contributed by atoms with Gasteiger partial charge in [0.05, 0.1) is 22.8 Å². The van der Waals surface area contributed by atoms with Gasteiger partial charge in [-0.1, -0.05) is 245 Å². The monoisotopic (exact) mass is 974 g/mol. The Hall–Kier alpha value is -4.39. The van der Waals surface area contributed by atoms with Crippen LogP contribution in [0.5, 0.6) is 0 Å². The molecule has 5 rings (SSSR count). The molecule has 0 unspecified atom stereocenters. The molecule has 1 aromatic carbocycles. The highest BCUT2D eigenvalue weighted by atomic mass is 15.1. The van der Waals surface area contributed by atoms with E-state index in [4.69, 9.17) is 0 Å². The van der Waals surface area contributed by atoms with Gasteiger partial charge in [0.2, 0.25) is 0 Å². The minimum atomic E-state index is 0. The van der Waals surface area contributed by atoms with Crippen LogP contribution in [-0.4, -0.2) is 35.1 Å². The SMILES string of the molecule is C.CC(C)(C)c1ccc(C(C)(C)C)cc1.CC(C)(C)c1ccc(C(C)(C)C)nc1.CC(C)(C)c1ccc(C(C)(C)C)nn1.CC(C)(C)c1cnc(C(C)(C)C)cn1.CC(C)(C)c1cnc(C(C)(C)C)nc1. The smallest absolute Gasteiger partial charge is 0.133 e. The van der Waals surface area contributed by atoms with Crippen LogP contribution in [0, 0.1) is 0 Å². The molecule has 0 amide bonds. The molecule has 0 saturated carbocycles. The standard InChI is InChI=1S/C14H22.C13H21N.3C12H20N2.CH4/c1-13(2,3)11-7-9-12(10-8-11)14(4,5)6;1-12(2,3)10-7-8-11(14-9-10)13(4,5)6;1-11(2,3)9-7-14-10(8-13-9)12(4,5)6;1-11(2,3)9-7-13-10(14-8-9)12(4,5)6;1-11(2,3)9-7-8-10(14-13-9)12(4,5)6;/h7-10H,1-6H3;7-9H,1-6H3;3*7-8H,1-6H3;1H4. The van der Waals surface area contributed by atoms with Gasteiger partial charge in [-0.3, -0.25) is 15.0 Å². The fraction of sp³-hybridized carbons (Fsp3) is 0.641. The second kappa shape index (κ2) is 24.6. The van der Waals surface area contributed by atoms with Gasteiger partial charge in [-0.15, -0.1) is 0 Å². The second-order valence-electron chi connectivity index (χ2n) is 29.4. The average molecular weight is 975 g/mol. The summed E-state index contributed by atoms with van der Waals surface area (Å²) in [5.74, 6) is 0.908. The first-order valence-corrected chi connectivity index (χ1v) is 25.6. The predicted molar refractivity (Wildman–Crippen MR) is 311 cm³/mol. The Balaban J connectivity index is 0.000000860. The van der Waals surface area contributed by atoms with Gasteiger partial charge in [0.1, 0.15) is 5.82 Å². The van der Waals surface area contributed by atoms with E-state index in [1.165, 1.54) is 22.3 Å². The maximum atomic E-state index is 4.52. The Bertz CT molecular complexity index is 1710. The lowest BCUT2D eigenvalue weighted by atomic mass is 9.82. The number of aromatic nitrogens is 7. The molecule has 0 N–H and O–H groups in total. The average Bonchev–Trinajstić information content (AvgIpc) is 3.19. The van der Waals surface area contributed by atoms with Gasteiger partial charge in [0, 0.05) is 69.2 Å². The summed E-state index contributed by atoms with van der Waals surface area (Å²) in [6, 6.07) is 17.5. The molecule has 0 spiro atoms. The first-order chi connectivity index (χ1) is 31.1. The molecular formula is C64H107N7. The number of rotatable bonds is 0. The number of nitrogens with zero attached hydrogens (tertiary/aromatic N) is 7. The zero-order valence-electron chi connectivity index (χ0n) is 50.6. The van der Waals surface area contributed by atoms with Gasteiger partial charge >= 0.3 is 0 Å². The van der Waals surface area contributed by atoms with E-state index in [0.29, 0.717) is 0 Å². The van der Waals surface area contributed by atoms with E-state index in [9.17, 15) is 0 Å². The van der Waals surface area contributed by atoms with Gasteiger partial charge in [0.25, 0.3) is 0 Å². The second-order valence-corrected chi connectivity index (χ2v) is 29.4. The summed E-state index contributed by atoms with van der Waals surface area (Å²) >= 11 is 0. The van der Waals surface area contributed by atoms with Gasteiger partial charge < -0.3 is 0 Å². The lowest BCUT2D eigenvalue weighted by molar-refractivity contribution is 0.527. The molecule has 4 heterocycles. The van der Waals surface area contributed by atoms with Crippen molar-refractivity contribution in [3.8, 4) is 0 Å². The van der Waals surface area contributed by atoms with Crippen molar-refractivity contribution < 1.29 is 0 Å². The fourth-order valence-corrected chi connectivity index (χ4v) is 6.09. The van der Waals surface area contributed by atoms with Crippen molar-refractivity contribution in [2.75, 3.05) is 0 Å². The zero-order chi connectivity index (χ0) is 54.9. The van der Waals surface area contributed by atoms with E-state index in [-0.39, 0.29) is 61.6 Å². The Labute approximate surface area is 438 Å². The highest BCUT2D eigenvalue weighted by Crippen LogP contribution is 2.29. The Kier molecular flexibility index (Phi) is 23.0. The minimum absolute atomic E-state index is 0. The van der Waals surface area contributed by atoms with Crippen LogP contribution in [0.25, 0.3) is 0 Å². The molecule has 71 heavy (non-hydrogen) atoms. The van der Waals surface area contributed by atoms with Gasteiger partial charge in [-0.2, -0.15) is 10.2 Å². The lowest BCUT2D eigenvalue weighted by Crippen LogP contribution is -2.18. The van der Waals surface area contributed by atoms with Gasteiger partial charge in [-0.05, 0) is 62.1 Å². The molecule has 0 fully saturated rings. The third kappa shape index (κ3) is 23.8. The van der Waals surface area contributed by atoms with E-state index in [0.717, 1.165) is 34.3 Å². The van der Waals surface area contributed by atoms with E-state index in [1.54, 1.807) is 0 Å². The zero-order valence-corrected chi connectivity index (χ0v) is 50.6. The summed E-state index contributed by atoms with van der Waals surface area (Å²) in [7, 11) is 0. The fourth-order valence-electron chi connectivity index (χ4n) is 6.09. The summed E-state index contributed by atoms with van der Waals surface area (Å²) < 4.78 is 0. The lowest BCUT2D eigenvalue weighted by Gasteiger charge is -2.23. The molecule has 0 atom stereocenters. The topological polar surface area (TPSA) is 90.2 Å². The van der Waals surface area contributed by atoms with Gasteiger partial charge in [0.15, 0.2) is 0 Å². The first-order valence-electron chi connectivity index (χ1n) is 25.6. The number of hydrogen-bond donors (Lipinski definition) is 0. The molecular weight excluding hydrogens is 867 g/mol. The van der Waals surface area contributed by atoms with Crippen molar-refractivity contribution in [2.24, 2.45) is 0 Å². The van der Waals surface area contributed by atoms with Crippen LogP contribution < -0.4 is 0 Å². The van der Waals surface area contributed by atoms with Crippen LogP contribution in [0.1, 0.15) is 272 Å². The van der Waals surface area contributed by atoms with Crippen molar-refractivity contribution in [1.29, 1.82) is 0 Å². The Morgan fingerprint density at radius 1 is 0.211 bits per heavy atom. The Morgan fingerprint density at radius 2 is 0.451 bits per heavy atom. The Morgan fingerprint density at radius 3 is 0.648 bits per heavy atom. The number of benzene rings is 1. The third-order valence-corrected chi connectivity index (χ3v) is 11.6. The molecule has 0 bridgehead atoms. The molecule has 7 nitrogen and oxygen atoms in total. The molecule has 0 aliphatic carbocycles. The summed E-state index contributed by atoms with van der Waals surface area (Å²) in [6.07, 6.45) is 9.66. The third-order valence-electron chi connectivity index (χ3n) is 11.6. The molecule has 0 saturated heterocycles. The summed E-state index contributed by atoms with van der Waals surface area (Å²) in [4.78, 5) is 22.2. The highest BCUT2D eigenvalue weighted by Gasteiger charge is 2.23. The van der Waals surface area contributed by atoms with Crippen molar-refractivity contribution in [2.45, 2.75) is 269 Å². The molecule has 0 aliphatic heterocycles. The van der Waals surface area contributed by atoms with Crippen molar-refractivity contribution >= 4 is 0 Å². The van der Waals surface area contributed by atoms with Crippen LogP contribution in [0.4, 0.5) is 0 Å².